The van der Waals surface area contributed by atoms with Crippen molar-refractivity contribution in [3.8, 4) is 5.88 Å². The highest BCUT2D eigenvalue weighted by molar-refractivity contribution is 5.58. The molecule has 140 valence electrons. The first kappa shape index (κ1) is 18.5. The zero-order chi connectivity index (χ0) is 18.7. The summed E-state index contributed by atoms with van der Waals surface area (Å²) in [5, 5.41) is 0. The molecule has 0 saturated heterocycles. The first-order valence-corrected chi connectivity index (χ1v) is 8.83. The topological polar surface area (TPSA) is 38.2 Å². The molecule has 1 aromatic heterocycles. The van der Waals surface area contributed by atoms with Crippen LogP contribution in [0.2, 0.25) is 0 Å². The van der Waals surface area contributed by atoms with Crippen molar-refractivity contribution >= 4 is 11.6 Å². The van der Waals surface area contributed by atoms with Crippen LogP contribution >= 0.6 is 0 Å². The van der Waals surface area contributed by atoms with Gasteiger partial charge in [-0.1, -0.05) is 12.1 Å². The summed E-state index contributed by atoms with van der Waals surface area (Å²) in [4.78, 5) is 9.90. The molecule has 0 N–H and O–H groups in total. The number of halogens is 3. The predicted octanol–water partition coefficient (Wildman–Crippen LogP) is 5.28. The van der Waals surface area contributed by atoms with Crippen LogP contribution < -0.4 is 9.64 Å². The quantitative estimate of drug-likeness (QED) is 0.722. The third kappa shape index (κ3) is 4.08. The third-order valence-corrected chi connectivity index (χ3v) is 4.50. The maximum Gasteiger partial charge on any atom is 0.423 e. The molecular formula is C19H22F3N3O. The van der Waals surface area contributed by atoms with Crippen molar-refractivity contribution in [2.24, 2.45) is 0 Å². The van der Waals surface area contributed by atoms with Crippen LogP contribution in [0.3, 0.4) is 0 Å². The monoisotopic (exact) mass is 365 g/mol. The van der Waals surface area contributed by atoms with E-state index in [9.17, 15) is 13.2 Å². The molecule has 0 unspecified atom stereocenters. The molecule has 1 fully saturated rings. The van der Waals surface area contributed by atoms with Gasteiger partial charge in [0.25, 0.3) is 0 Å². The van der Waals surface area contributed by atoms with E-state index in [4.69, 9.17) is 4.74 Å². The summed E-state index contributed by atoms with van der Waals surface area (Å²) in [6.45, 7) is 4.39. The van der Waals surface area contributed by atoms with E-state index in [0.717, 1.165) is 43.1 Å². The van der Waals surface area contributed by atoms with Crippen LogP contribution in [0.1, 0.15) is 43.7 Å². The Labute approximate surface area is 151 Å². The molecule has 2 aromatic rings. The fraction of sp³-hybridized carbons (Fsp3) is 0.474. The molecule has 1 saturated carbocycles. The van der Waals surface area contributed by atoms with Crippen molar-refractivity contribution in [3.05, 3.63) is 41.6 Å². The summed E-state index contributed by atoms with van der Waals surface area (Å²) in [7, 11) is 0. The Kier molecular flexibility index (Phi) is 5.34. The van der Waals surface area contributed by atoms with Crippen molar-refractivity contribution in [2.75, 3.05) is 11.4 Å². The minimum Gasteiger partial charge on any atom is -0.474 e. The molecule has 4 nitrogen and oxygen atoms in total. The van der Waals surface area contributed by atoms with E-state index in [1.165, 1.54) is 0 Å². The number of aromatic nitrogens is 2. The number of alkyl halides is 3. The van der Waals surface area contributed by atoms with E-state index < -0.39 is 11.7 Å². The van der Waals surface area contributed by atoms with Gasteiger partial charge in [0.1, 0.15) is 11.7 Å². The number of anilines is 2. The van der Waals surface area contributed by atoms with Gasteiger partial charge in [0.05, 0.1) is 0 Å². The molecule has 26 heavy (non-hydrogen) atoms. The molecule has 3 rings (SSSR count). The molecule has 0 amide bonds. The SMILES string of the molecule is CCN(c1cccc(C)c1)c1ncc(C(F)(F)F)c(OC2CCCC2)n1. The van der Waals surface area contributed by atoms with Crippen molar-refractivity contribution < 1.29 is 17.9 Å². The van der Waals surface area contributed by atoms with Crippen LogP contribution in [0.5, 0.6) is 5.88 Å². The van der Waals surface area contributed by atoms with Crippen LogP contribution in [0.4, 0.5) is 24.8 Å². The summed E-state index contributed by atoms with van der Waals surface area (Å²) in [5.41, 5.74) is 0.961. The van der Waals surface area contributed by atoms with Gasteiger partial charge in [-0.25, -0.2) is 4.98 Å². The Hall–Kier alpha value is -2.31. The van der Waals surface area contributed by atoms with E-state index >= 15 is 0 Å². The number of benzene rings is 1. The zero-order valence-corrected chi connectivity index (χ0v) is 14.9. The van der Waals surface area contributed by atoms with Gasteiger partial charge >= 0.3 is 6.18 Å². The predicted molar refractivity (Wildman–Crippen MR) is 93.8 cm³/mol. The number of rotatable bonds is 5. The third-order valence-electron chi connectivity index (χ3n) is 4.50. The Bertz CT molecular complexity index is 758. The van der Waals surface area contributed by atoms with E-state index in [0.29, 0.717) is 6.54 Å². The largest absolute Gasteiger partial charge is 0.474 e. The molecule has 1 aromatic carbocycles. The molecule has 1 aliphatic carbocycles. The molecular weight excluding hydrogens is 343 g/mol. The van der Waals surface area contributed by atoms with Crippen LogP contribution in [0.15, 0.2) is 30.5 Å². The smallest absolute Gasteiger partial charge is 0.423 e. The molecule has 0 spiro atoms. The second-order valence-electron chi connectivity index (χ2n) is 6.49. The normalized spacial score (nSPS) is 15.3. The Balaban J connectivity index is 1.98. The summed E-state index contributed by atoms with van der Waals surface area (Å²) < 4.78 is 45.6. The molecule has 0 atom stereocenters. The Morgan fingerprint density at radius 3 is 2.58 bits per heavy atom. The van der Waals surface area contributed by atoms with Crippen LogP contribution in [0, 0.1) is 6.92 Å². The van der Waals surface area contributed by atoms with E-state index in [2.05, 4.69) is 9.97 Å². The zero-order valence-electron chi connectivity index (χ0n) is 14.9. The minimum atomic E-state index is -4.55. The van der Waals surface area contributed by atoms with Gasteiger partial charge in [-0.3, -0.25) is 0 Å². The van der Waals surface area contributed by atoms with Crippen molar-refractivity contribution in [3.63, 3.8) is 0 Å². The molecule has 0 radical (unpaired) electrons. The molecule has 0 bridgehead atoms. The lowest BCUT2D eigenvalue weighted by molar-refractivity contribution is -0.139. The first-order valence-electron chi connectivity index (χ1n) is 8.83. The summed E-state index contributed by atoms with van der Waals surface area (Å²) in [6, 6.07) is 7.68. The second kappa shape index (κ2) is 7.51. The van der Waals surface area contributed by atoms with Gasteiger partial charge in [0, 0.05) is 18.4 Å². The van der Waals surface area contributed by atoms with Gasteiger partial charge < -0.3 is 9.64 Å². The van der Waals surface area contributed by atoms with E-state index in [1.807, 2.05) is 38.1 Å². The molecule has 1 heterocycles. The lowest BCUT2D eigenvalue weighted by atomic mass is 10.2. The van der Waals surface area contributed by atoms with Crippen LogP contribution in [-0.4, -0.2) is 22.6 Å². The maximum atomic E-state index is 13.3. The average molecular weight is 365 g/mol. The number of hydrogen-bond donors (Lipinski definition) is 0. The molecule has 1 aliphatic rings. The highest BCUT2D eigenvalue weighted by atomic mass is 19.4. The fourth-order valence-electron chi connectivity index (χ4n) is 3.17. The van der Waals surface area contributed by atoms with Gasteiger partial charge in [-0.15, -0.1) is 0 Å². The van der Waals surface area contributed by atoms with Crippen LogP contribution in [-0.2, 0) is 6.18 Å². The highest BCUT2D eigenvalue weighted by Crippen LogP contribution is 2.37. The van der Waals surface area contributed by atoms with Gasteiger partial charge in [0.15, 0.2) is 0 Å². The van der Waals surface area contributed by atoms with Crippen molar-refractivity contribution in [1.82, 2.24) is 9.97 Å². The van der Waals surface area contributed by atoms with E-state index in [1.54, 1.807) is 4.90 Å². The first-order chi connectivity index (χ1) is 12.4. The van der Waals surface area contributed by atoms with Crippen molar-refractivity contribution in [2.45, 2.75) is 51.8 Å². The lowest BCUT2D eigenvalue weighted by Gasteiger charge is -2.23. The number of hydrogen-bond acceptors (Lipinski definition) is 4. The van der Waals surface area contributed by atoms with E-state index in [-0.39, 0.29) is 17.9 Å². The Morgan fingerprint density at radius 1 is 1.23 bits per heavy atom. The second-order valence-corrected chi connectivity index (χ2v) is 6.49. The summed E-state index contributed by atoms with van der Waals surface area (Å²) >= 11 is 0. The highest BCUT2D eigenvalue weighted by Gasteiger charge is 2.37. The fourth-order valence-corrected chi connectivity index (χ4v) is 3.17. The van der Waals surface area contributed by atoms with Gasteiger partial charge in [0.2, 0.25) is 11.8 Å². The average Bonchev–Trinajstić information content (AvgIpc) is 3.08. The van der Waals surface area contributed by atoms with Gasteiger partial charge in [-0.2, -0.15) is 18.2 Å². The Morgan fingerprint density at radius 2 is 1.96 bits per heavy atom. The molecule has 7 heteroatoms. The number of nitrogens with zero attached hydrogens (tertiary/aromatic N) is 3. The molecule has 0 aliphatic heterocycles. The number of aryl methyl sites for hydroxylation is 1. The minimum absolute atomic E-state index is 0.207. The van der Waals surface area contributed by atoms with Gasteiger partial charge in [-0.05, 0) is 57.2 Å². The van der Waals surface area contributed by atoms with Crippen LogP contribution in [0.25, 0.3) is 0 Å². The van der Waals surface area contributed by atoms with Crippen molar-refractivity contribution in [1.29, 1.82) is 0 Å². The number of ether oxygens (including phenoxy) is 1. The summed E-state index contributed by atoms with van der Waals surface area (Å²) in [6.07, 6.45) is -0.494. The lowest BCUT2D eigenvalue weighted by Crippen LogP contribution is -2.22. The summed E-state index contributed by atoms with van der Waals surface area (Å²) in [5.74, 6) is -0.167. The maximum absolute atomic E-state index is 13.3. The standard InChI is InChI=1S/C19H22F3N3O/c1-3-25(14-8-6-7-13(2)11-14)18-23-12-16(19(20,21)22)17(24-18)26-15-9-4-5-10-15/h6-8,11-12,15H,3-5,9-10H2,1-2H3.